The van der Waals surface area contributed by atoms with Crippen LogP contribution in [0, 0.1) is 20.4 Å². The van der Waals surface area contributed by atoms with Gasteiger partial charge >= 0.3 is 0 Å². The molecule has 3 aromatic carbocycles. The maximum Gasteiger partial charge on any atom is 0.216 e. The van der Waals surface area contributed by atoms with Crippen LogP contribution < -0.4 is 4.57 Å². The molecular formula is C32H29N2O+. The van der Waals surface area contributed by atoms with Crippen molar-refractivity contribution >= 4 is 27.6 Å². The van der Waals surface area contributed by atoms with Gasteiger partial charge in [0.25, 0.3) is 0 Å². The summed E-state index contributed by atoms with van der Waals surface area (Å²) in [6.07, 6.45) is 5.20. The second-order valence-corrected chi connectivity index (χ2v) is 9.91. The Hall–Kier alpha value is -3.90. The predicted molar refractivity (Wildman–Crippen MR) is 143 cm³/mol. The van der Waals surface area contributed by atoms with Crippen molar-refractivity contribution in [3.63, 3.8) is 0 Å². The zero-order chi connectivity index (χ0) is 24.1. The van der Waals surface area contributed by atoms with Gasteiger partial charge in [-0.05, 0) is 42.4 Å². The molecule has 0 radical (unpaired) electrons. The molecule has 0 N–H and O–H groups in total. The molecule has 0 spiro atoms. The van der Waals surface area contributed by atoms with Gasteiger partial charge in [0.05, 0.1) is 12.1 Å². The second kappa shape index (κ2) is 8.40. The maximum absolute atomic E-state index is 7.79. The zero-order valence-corrected chi connectivity index (χ0v) is 20.6. The molecule has 0 aliphatic heterocycles. The van der Waals surface area contributed by atoms with Crippen LogP contribution in [0.25, 0.3) is 49.2 Å². The van der Waals surface area contributed by atoms with Gasteiger partial charge in [-0.2, -0.15) is 4.57 Å². The highest BCUT2D eigenvalue weighted by Gasteiger charge is 2.26. The third kappa shape index (κ3) is 3.44. The van der Waals surface area contributed by atoms with E-state index in [9.17, 15) is 0 Å². The smallest absolute Gasteiger partial charge is 0.216 e. The van der Waals surface area contributed by atoms with Gasteiger partial charge in [0.15, 0.2) is 11.4 Å². The highest BCUT2D eigenvalue weighted by molar-refractivity contribution is 6.15. The van der Waals surface area contributed by atoms with E-state index in [1.807, 2.05) is 30.3 Å². The highest BCUT2D eigenvalue weighted by Crippen LogP contribution is 2.44. The summed E-state index contributed by atoms with van der Waals surface area (Å²) in [7, 11) is 2.15. The van der Waals surface area contributed by atoms with Gasteiger partial charge in [-0.15, -0.1) is 0 Å². The van der Waals surface area contributed by atoms with E-state index in [-0.39, 0.29) is 0 Å². The normalized spacial score (nSPS) is 14.1. The molecule has 2 aromatic heterocycles. The van der Waals surface area contributed by atoms with E-state index < -0.39 is 0 Å². The predicted octanol–water partition coefficient (Wildman–Crippen LogP) is 8.57. The van der Waals surface area contributed by atoms with Gasteiger partial charge in [-0.3, -0.25) is 0 Å². The molecule has 0 amide bonds. The van der Waals surface area contributed by atoms with Gasteiger partial charge in [0.1, 0.15) is 18.2 Å². The molecule has 3 nitrogen and oxygen atoms in total. The lowest BCUT2D eigenvalue weighted by atomic mass is 9.93. The Morgan fingerprint density at radius 3 is 2.26 bits per heavy atom. The standard InChI is InChI=1S/C32H29N2O/c1-20-14-15-25-26-16-17-27(33-3)30(23-12-6-5-7-13-23)32(26)35-31(25)29(20)28-19-24(18-21(2)34(28)4)22-10-8-9-11-22/h5-7,12-19,22H,8-11H2,1-2,4H3/q+1. The molecule has 172 valence electrons. The van der Waals surface area contributed by atoms with Crippen LogP contribution in [0.2, 0.25) is 0 Å². The van der Waals surface area contributed by atoms with Crippen molar-refractivity contribution in [1.29, 1.82) is 0 Å². The summed E-state index contributed by atoms with van der Waals surface area (Å²) in [5.41, 5.74) is 10.4. The Balaban J connectivity index is 1.67. The summed E-state index contributed by atoms with van der Waals surface area (Å²) in [4.78, 5) is 3.83. The fourth-order valence-corrected chi connectivity index (χ4v) is 5.85. The van der Waals surface area contributed by atoms with Crippen molar-refractivity contribution < 1.29 is 8.98 Å². The fourth-order valence-electron chi connectivity index (χ4n) is 5.85. The average molecular weight is 458 g/mol. The lowest BCUT2D eigenvalue weighted by Crippen LogP contribution is -2.35. The Bertz CT molecular complexity index is 1630. The van der Waals surface area contributed by atoms with E-state index in [0.29, 0.717) is 11.6 Å². The zero-order valence-electron chi connectivity index (χ0n) is 20.6. The molecule has 5 aromatic rings. The van der Waals surface area contributed by atoms with Gasteiger partial charge in [0, 0.05) is 35.4 Å². The molecule has 3 heteroatoms. The van der Waals surface area contributed by atoms with Crippen LogP contribution in [-0.2, 0) is 7.05 Å². The lowest BCUT2D eigenvalue weighted by molar-refractivity contribution is -0.666. The third-order valence-corrected chi connectivity index (χ3v) is 7.83. The SMILES string of the molecule is [C-]#[N+]c1ccc2c(oc3c(-c4cc(C5CCCC5)cc(C)[n+]4C)c(C)ccc32)c1-c1ccccc1. The molecule has 1 saturated carbocycles. The van der Waals surface area contributed by atoms with Gasteiger partial charge < -0.3 is 4.42 Å². The summed E-state index contributed by atoms with van der Waals surface area (Å²) in [5, 5.41) is 2.15. The maximum atomic E-state index is 7.79. The van der Waals surface area contributed by atoms with Crippen LogP contribution in [0.1, 0.15) is 48.4 Å². The quantitative estimate of drug-likeness (QED) is 0.196. The molecule has 0 atom stereocenters. The number of nitrogens with zero attached hydrogens (tertiary/aromatic N) is 2. The van der Waals surface area contributed by atoms with Crippen LogP contribution in [0.15, 0.2) is 71.1 Å². The number of fused-ring (bicyclic) bond motifs is 3. The van der Waals surface area contributed by atoms with E-state index in [0.717, 1.165) is 38.6 Å². The minimum Gasteiger partial charge on any atom is -0.456 e. The largest absolute Gasteiger partial charge is 0.456 e. The number of pyridine rings is 1. The van der Waals surface area contributed by atoms with E-state index in [4.69, 9.17) is 11.0 Å². The van der Waals surface area contributed by atoms with Gasteiger partial charge in [-0.1, -0.05) is 67.4 Å². The Kier molecular flexibility index (Phi) is 5.19. The molecular weight excluding hydrogens is 428 g/mol. The minimum atomic E-state index is 0.616. The van der Waals surface area contributed by atoms with Crippen LogP contribution in [0.4, 0.5) is 5.69 Å². The highest BCUT2D eigenvalue weighted by atomic mass is 16.3. The molecule has 2 heterocycles. The van der Waals surface area contributed by atoms with Crippen molar-refractivity contribution in [3.05, 3.63) is 95.0 Å². The second-order valence-electron chi connectivity index (χ2n) is 9.91. The third-order valence-electron chi connectivity index (χ3n) is 7.83. The van der Waals surface area contributed by atoms with Crippen molar-refractivity contribution in [3.8, 4) is 22.4 Å². The first-order valence-corrected chi connectivity index (χ1v) is 12.5. The summed E-state index contributed by atoms with van der Waals surface area (Å²) < 4.78 is 9.04. The fraction of sp³-hybridized carbons (Fsp3) is 0.250. The van der Waals surface area contributed by atoms with E-state index in [1.54, 1.807) is 0 Å². The number of furan rings is 1. The number of benzene rings is 3. The lowest BCUT2D eigenvalue weighted by Gasteiger charge is -2.13. The van der Waals surface area contributed by atoms with Gasteiger partial charge in [-0.25, -0.2) is 4.85 Å². The van der Waals surface area contributed by atoms with Crippen molar-refractivity contribution in [2.75, 3.05) is 0 Å². The van der Waals surface area contributed by atoms with Crippen molar-refractivity contribution in [2.45, 2.75) is 45.4 Å². The average Bonchev–Trinajstić information content (AvgIpc) is 3.54. The van der Waals surface area contributed by atoms with E-state index >= 15 is 0 Å². The number of aryl methyl sites for hydroxylation is 2. The molecule has 0 saturated heterocycles. The molecule has 35 heavy (non-hydrogen) atoms. The van der Waals surface area contributed by atoms with Crippen LogP contribution in [0.3, 0.4) is 0 Å². The molecule has 1 fully saturated rings. The molecule has 1 aliphatic rings. The van der Waals surface area contributed by atoms with Crippen LogP contribution in [-0.4, -0.2) is 0 Å². The first-order chi connectivity index (χ1) is 17.1. The summed E-state index contributed by atoms with van der Waals surface area (Å²) in [5.74, 6) is 0.648. The number of aromatic nitrogens is 1. The van der Waals surface area contributed by atoms with Gasteiger partial charge in [0.2, 0.25) is 5.69 Å². The summed E-state index contributed by atoms with van der Waals surface area (Å²) >= 11 is 0. The molecule has 0 bridgehead atoms. The topological polar surface area (TPSA) is 21.4 Å². The van der Waals surface area contributed by atoms with Crippen molar-refractivity contribution in [1.82, 2.24) is 0 Å². The number of hydrogen-bond donors (Lipinski definition) is 0. The number of rotatable bonds is 3. The van der Waals surface area contributed by atoms with E-state index in [2.05, 4.69) is 66.7 Å². The van der Waals surface area contributed by atoms with Crippen molar-refractivity contribution in [2.24, 2.45) is 7.05 Å². The van der Waals surface area contributed by atoms with Crippen LogP contribution >= 0.6 is 0 Å². The first kappa shape index (κ1) is 21.6. The number of hydrogen-bond acceptors (Lipinski definition) is 1. The van der Waals surface area contributed by atoms with Crippen LogP contribution in [0.5, 0.6) is 0 Å². The summed E-state index contributed by atoms with van der Waals surface area (Å²) in [6.45, 7) is 12.2. The Morgan fingerprint density at radius 1 is 0.857 bits per heavy atom. The summed E-state index contributed by atoms with van der Waals surface area (Å²) in [6, 6.07) is 23.2. The molecule has 1 aliphatic carbocycles. The Morgan fingerprint density at radius 2 is 1.54 bits per heavy atom. The molecule has 6 rings (SSSR count). The molecule has 0 unspecified atom stereocenters. The minimum absolute atomic E-state index is 0.616. The Labute approximate surface area is 206 Å². The monoisotopic (exact) mass is 457 g/mol. The first-order valence-electron chi connectivity index (χ1n) is 12.5. The van der Waals surface area contributed by atoms with E-state index in [1.165, 1.54) is 48.2 Å².